The standard InChI is InChI=1S/C11H10ClN3OS/c1-15-6-3-2-4-7(16)9(6)17-11-8(15)10(12)13-5-14-11/h5H,2-4H2,1H3. The number of halogens is 1. The summed E-state index contributed by atoms with van der Waals surface area (Å²) in [6.07, 6.45) is 3.88. The van der Waals surface area contributed by atoms with Crippen molar-refractivity contribution in [2.45, 2.75) is 24.3 Å². The van der Waals surface area contributed by atoms with Gasteiger partial charge in [-0.25, -0.2) is 9.97 Å². The number of carbonyl (C=O) groups excluding carboxylic acids is 1. The molecule has 1 aliphatic heterocycles. The molecular weight excluding hydrogens is 258 g/mol. The number of carbonyl (C=O) groups is 1. The van der Waals surface area contributed by atoms with Crippen LogP contribution in [-0.2, 0) is 4.79 Å². The zero-order valence-corrected chi connectivity index (χ0v) is 10.8. The van der Waals surface area contributed by atoms with Crippen LogP contribution in [0.3, 0.4) is 0 Å². The largest absolute Gasteiger partial charge is 0.342 e. The van der Waals surface area contributed by atoms with Crippen molar-refractivity contribution >= 4 is 34.8 Å². The van der Waals surface area contributed by atoms with E-state index in [1.807, 2.05) is 11.9 Å². The minimum absolute atomic E-state index is 0.212. The van der Waals surface area contributed by atoms with Crippen LogP contribution >= 0.6 is 23.4 Å². The fourth-order valence-corrected chi connectivity index (χ4v) is 3.68. The van der Waals surface area contributed by atoms with Crippen LogP contribution in [0.25, 0.3) is 0 Å². The number of hydrogen-bond donors (Lipinski definition) is 0. The van der Waals surface area contributed by atoms with E-state index in [1.165, 1.54) is 18.1 Å². The maximum absolute atomic E-state index is 11.9. The Morgan fingerprint density at radius 2 is 2.24 bits per heavy atom. The predicted octanol–water partition coefficient (Wildman–Crippen LogP) is 2.64. The van der Waals surface area contributed by atoms with Crippen LogP contribution in [0.1, 0.15) is 19.3 Å². The molecule has 3 rings (SSSR count). The maximum atomic E-state index is 11.9. The SMILES string of the molecule is CN1C2=C(Sc3ncnc(Cl)c31)C(=O)CCC2. The number of aromatic nitrogens is 2. The number of Topliss-reactive ketones (excluding diaryl/α,β-unsaturated/α-hetero) is 1. The van der Waals surface area contributed by atoms with Gasteiger partial charge in [0.15, 0.2) is 10.9 Å². The summed E-state index contributed by atoms with van der Waals surface area (Å²) in [4.78, 5) is 22.9. The van der Waals surface area contributed by atoms with Gasteiger partial charge in [0.05, 0.1) is 4.91 Å². The van der Waals surface area contributed by atoms with Crippen molar-refractivity contribution in [3.05, 3.63) is 22.1 Å². The summed E-state index contributed by atoms with van der Waals surface area (Å²) < 4.78 is 0. The molecule has 4 nitrogen and oxygen atoms in total. The lowest BCUT2D eigenvalue weighted by Crippen LogP contribution is -2.27. The van der Waals surface area contributed by atoms with Crippen molar-refractivity contribution < 1.29 is 4.79 Å². The van der Waals surface area contributed by atoms with E-state index in [1.54, 1.807) is 0 Å². The summed E-state index contributed by atoms with van der Waals surface area (Å²) in [6, 6.07) is 0. The van der Waals surface area contributed by atoms with Crippen molar-refractivity contribution in [2.24, 2.45) is 0 Å². The van der Waals surface area contributed by atoms with Gasteiger partial charge in [0.2, 0.25) is 0 Å². The Bertz CT molecular complexity index is 544. The third kappa shape index (κ3) is 1.65. The Morgan fingerprint density at radius 1 is 1.41 bits per heavy atom. The first-order chi connectivity index (χ1) is 8.18. The minimum atomic E-state index is 0.212. The van der Waals surface area contributed by atoms with Gasteiger partial charge >= 0.3 is 0 Å². The predicted molar refractivity (Wildman–Crippen MR) is 67.2 cm³/mol. The van der Waals surface area contributed by atoms with Crippen LogP contribution in [0.5, 0.6) is 0 Å². The normalized spacial score (nSPS) is 19.2. The third-order valence-corrected chi connectivity index (χ3v) is 4.45. The molecule has 88 valence electrons. The molecule has 0 spiro atoms. The van der Waals surface area contributed by atoms with Crippen LogP contribution < -0.4 is 4.90 Å². The summed E-state index contributed by atoms with van der Waals surface area (Å²) in [5, 5.41) is 1.20. The zero-order valence-electron chi connectivity index (χ0n) is 9.23. The second-order valence-corrected chi connectivity index (χ2v) is 5.39. The average Bonchev–Trinajstić information content (AvgIpc) is 2.31. The summed E-state index contributed by atoms with van der Waals surface area (Å²) in [7, 11) is 1.92. The molecule has 2 heterocycles. The molecule has 0 amide bonds. The molecule has 1 aliphatic carbocycles. The number of anilines is 1. The van der Waals surface area contributed by atoms with Crippen LogP contribution in [0, 0.1) is 0 Å². The van der Waals surface area contributed by atoms with Crippen molar-refractivity contribution in [3.63, 3.8) is 0 Å². The molecule has 0 unspecified atom stereocenters. The van der Waals surface area contributed by atoms with Crippen molar-refractivity contribution in [3.8, 4) is 0 Å². The second kappa shape index (κ2) is 3.99. The molecule has 0 radical (unpaired) electrons. The van der Waals surface area contributed by atoms with Crippen LogP contribution in [0.4, 0.5) is 5.69 Å². The summed E-state index contributed by atoms with van der Waals surface area (Å²) in [5.74, 6) is 0.212. The van der Waals surface area contributed by atoms with E-state index >= 15 is 0 Å². The Labute approximate surface area is 108 Å². The van der Waals surface area contributed by atoms with Crippen LogP contribution in [-0.4, -0.2) is 22.8 Å². The van der Waals surface area contributed by atoms with Gasteiger partial charge < -0.3 is 4.90 Å². The smallest absolute Gasteiger partial charge is 0.171 e. The highest BCUT2D eigenvalue weighted by molar-refractivity contribution is 8.04. The monoisotopic (exact) mass is 267 g/mol. The summed E-state index contributed by atoms with van der Waals surface area (Å²) in [6.45, 7) is 0. The lowest BCUT2D eigenvalue weighted by atomic mass is 10.0. The van der Waals surface area contributed by atoms with Gasteiger partial charge in [-0.2, -0.15) is 0 Å². The maximum Gasteiger partial charge on any atom is 0.171 e. The molecule has 0 atom stereocenters. The Balaban J connectivity index is 2.15. The fraction of sp³-hybridized carbons (Fsp3) is 0.364. The molecule has 0 saturated carbocycles. The van der Waals surface area contributed by atoms with Gasteiger partial charge in [-0.3, -0.25) is 4.79 Å². The van der Waals surface area contributed by atoms with E-state index in [4.69, 9.17) is 11.6 Å². The topological polar surface area (TPSA) is 46.1 Å². The first-order valence-corrected chi connectivity index (χ1v) is 6.56. The Morgan fingerprint density at radius 3 is 3.06 bits per heavy atom. The van der Waals surface area contributed by atoms with E-state index in [9.17, 15) is 4.79 Å². The molecule has 1 aromatic rings. The molecule has 17 heavy (non-hydrogen) atoms. The van der Waals surface area contributed by atoms with Crippen molar-refractivity contribution in [1.29, 1.82) is 0 Å². The quantitative estimate of drug-likeness (QED) is 0.676. The van der Waals surface area contributed by atoms with Gasteiger partial charge in [0.1, 0.15) is 17.0 Å². The second-order valence-electron chi connectivity index (χ2n) is 4.03. The number of allylic oxidation sites excluding steroid dienone is 2. The molecule has 6 heteroatoms. The fourth-order valence-electron chi connectivity index (χ4n) is 2.17. The molecule has 1 aromatic heterocycles. The average molecular weight is 268 g/mol. The van der Waals surface area contributed by atoms with Gasteiger partial charge in [-0.15, -0.1) is 0 Å². The molecule has 0 fully saturated rings. The number of thioether (sulfide) groups is 1. The van der Waals surface area contributed by atoms with Crippen molar-refractivity contribution in [1.82, 2.24) is 9.97 Å². The van der Waals surface area contributed by atoms with E-state index < -0.39 is 0 Å². The van der Waals surface area contributed by atoms with Gasteiger partial charge in [0, 0.05) is 19.2 Å². The lowest BCUT2D eigenvalue weighted by molar-refractivity contribution is -0.115. The van der Waals surface area contributed by atoms with Gasteiger partial charge in [-0.05, 0) is 12.8 Å². The zero-order chi connectivity index (χ0) is 12.0. The highest BCUT2D eigenvalue weighted by Crippen LogP contribution is 2.47. The Hall–Kier alpha value is -1.07. The van der Waals surface area contributed by atoms with Gasteiger partial charge in [0.25, 0.3) is 0 Å². The van der Waals surface area contributed by atoms with E-state index in [0.717, 1.165) is 34.2 Å². The molecule has 0 N–H and O–H groups in total. The molecular formula is C11H10ClN3OS. The van der Waals surface area contributed by atoms with E-state index in [2.05, 4.69) is 9.97 Å². The highest BCUT2D eigenvalue weighted by atomic mass is 35.5. The lowest BCUT2D eigenvalue weighted by Gasteiger charge is -2.33. The molecule has 2 aliphatic rings. The summed E-state index contributed by atoms with van der Waals surface area (Å²) in [5.41, 5.74) is 1.86. The number of fused-ring (bicyclic) bond motifs is 1. The number of hydrogen-bond acceptors (Lipinski definition) is 5. The Kier molecular flexibility index (Phi) is 2.60. The van der Waals surface area contributed by atoms with Crippen LogP contribution in [0.15, 0.2) is 22.0 Å². The minimum Gasteiger partial charge on any atom is -0.342 e. The number of ketones is 1. The molecule has 0 saturated heterocycles. The van der Waals surface area contributed by atoms with Gasteiger partial charge in [-0.1, -0.05) is 23.4 Å². The molecule has 0 aromatic carbocycles. The number of nitrogens with zero attached hydrogens (tertiary/aromatic N) is 3. The first kappa shape index (κ1) is 11.0. The van der Waals surface area contributed by atoms with Crippen LogP contribution in [0.2, 0.25) is 5.15 Å². The number of rotatable bonds is 0. The summed E-state index contributed by atoms with van der Waals surface area (Å²) >= 11 is 7.51. The van der Waals surface area contributed by atoms with Crippen molar-refractivity contribution in [2.75, 3.05) is 11.9 Å². The van der Waals surface area contributed by atoms with E-state index in [-0.39, 0.29) is 5.78 Å². The first-order valence-electron chi connectivity index (χ1n) is 5.37. The third-order valence-electron chi connectivity index (χ3n) is 3.02. The molecule has 0 bridgehead atoms. The highest BCUT2D eigenvalue weighted by Gasteiger charge is 2.32. The van der Waals surface area contributed by atoms with E-state index in [0.29, 0.717) is 11.6 Å².